The zero-order chi connectivity index (χ0) is 16.8. The highest BCUT2D eigenvalue weighted by atomic mass is 35.5. The summed E-state index contributed by atoms with van der Waals surface area (Å²) in [6.07, 6.45) is 0.856. The van der Waals surface area contributed by atoms with Crippen LogP contribution in [-0.4, -0.2) is 23.7 Å². The van der Waals surface area contributed by atoms with E-state index in [4.69, 9.17) is 26.2 Å². The molecular weight excluding hydrogens is 320 g/mol. The van der Waals surface area contributed by atoms with E-state index in [1.54, 1.807) is 6.07 Å². The fourth-order valence-electron chi connectivity index (χ4n) is 1.91. The van der Waals surface area contributed by atoms with Crippen LogP contribution < -0.4 is 9.47 Å². The Bertz CT molecular complexity index is 727. The van der Waals surface area contributed by atoms with Crippen LogP contribution in [0, 0.1) is 0 Å². The zero-order valence-corrected chi connectivity index (χ0v) is 13.2. The maximum absolute atomic E-state index is 11.8. The second kappa shape index (κ2) is 7.65. The van der Waals surface area contributed by atoms with Gasteiger partial charge in [-0.1, -0.05) is 30.7 Å². The highest BCUT2D eigenvalue weighted by molar-refractivity contribution is 6.31. The molecule has 0 atom stereocenters. The summed E-state index contributed by atoms with van der Waals surface area (Å²) in [5.41, 5.74) is 0.903. The van der Waals surface area contributed by atoms with Crippen molar-refractivity contribution in [1.82, 2.24) is 0 Å². The van der Waals surface area contributed by atoms with E-state index < -0.39 is 11.9 Å². The summed E-state index contributed by atoms with van der Waals surface area (Å²) in [6.45, 7) is 1.69. The maximum Gasteiger partial charge on any atom is 0.349 e. The first-order valence-corrected chi connectivity index (χ1v) is 7.32. The molecule has 0 fully saturated rings. The van der Waals surface area contributed by atoms with Gasteiger partial charge in [-0.25, -0.2) is 9.59 Å². The topological polar surface area (TPSA) is 72.8 Å². The summed E-state index contributed by atoms with van der Waals surface area (Å²) in [4.78, 5) is 23.0. The lowest BCUT2D eigenvalue weighted by Gasteiger charge is -2.09. The largest absolute Gasteiger partial charge is 0.482 e. The third-order valence-corrected chi connectivity index (χ3v) is 3.29. The number of benzene rings is 2. The van der Waals surface area contributed by atoms with Gasteiger partial charge in [-0.05, 0) is 42.3 Å². The van der Waals surface area contributed by atoms with Gasteiger partial charge in [0.25, 0.3) is 0 Å². The molecule has 2 aromatic rings. The van der Waals surface area contributed by atoms with E-state index >= 15 is 0 Å². The average molecular weight is 335 g/mol. The Balaban J connectivity index is 2.01. The van der Waals surface area contributed by atoms with Gasteiger partial charge in [-0.15, -0.1) is 0 Å². The molecule has 0 aliphatic rings. The second-order valence-corrected chi connectivity index (χ2v) is 5.15. The third-order valence-electron chi connectivity index (χ3n) is 3.06. The maximum atomic E-state index is 11.8. The number of hydrogen-bond acceptors (Lipinski definition) is 4. The smallest absolute Gasteiger partial charge is 0.349 e. The molecule has 120 valence electrons. The molecule has 0 heterocycles. The minimum Gasteiger partial charge on any atom is -0.482 e. The Kier molecular flexibility index (Phi) is 5.60. The standard InChI is InChI=1S/C17H15ClO5/c1-2-11-4-3-5-13(8-11)22-10-16(19)23-15-7-6-12(18)9-14(15)17(20)21/h3-9H,2,10H2,1H3,(H,20,21). The summed E-state index contributed by atoms with van der Waals surface area (Å²) < 4.78 is 10.4. The van der Waals surface area contributed by atoms with Crippen molar-refractivity contribution in [2.75, 3.05) is 6.61 Å². The molecule has 0 aromatic heterocycles. The Morgan fingerprint density at radius 2 is 1.96 bits per heavy atom. The number of ether oxygens (including phenoxy) is 2. The number of aryl methyl sites for hydroxylation is 1. The lowest BCUT2D eigenvalue weighted by molar-refractivity contribution is -0.136. The second-order valence-electron chi connectivity index (χ2n) is 4.71. The van der Waals surface area contributed by atoms with Crippen molar-refractivity contribution in [2.24, 2.45) is 0 Å². The number of esters is 1. The number of hydrogen-bond donors (Lipinski definition) is 1. The highest BCUT2D eigenvalue weighted by Gasteiger charge is 2.15. The summed E-state index contributed by atoms with van der Waals surface area (Å²) in [6, 6.07) is 11.4. The van der Waals surface area contributed by atoms with Gasteiger partial charge >= 0.3 is 11.9 Å². The first-order chi connectivity index (χ1) is 11.0. The van der Waals surface area contributed by atoms with Gasteiger partial charge in [-0.3, -0.25) is 0 Å². The summed E-state index contributed by atoms with van der Waals surface area (Å²) in [7, 11) is 0. The van der Waals surface area contributed by atoms with Gasteiger partial charge in [0.1, 0.15) is 17.1 Å². The van der Waals surface area contributed by atoms with Gasteiger partial charge in [-0.2, -0.15) is 0 Å². The fraction of sp³-hybridized carbons (Fsp3) is 0.176. The zero-order valence-electron chi connectivity index (χ0n) is 12.4. The number of carbonyl (C=O) groups is 2. The number of carboxylic acid groups (broad SMARTS) is 1. The number of carboxylic acids is 1. The van der Waals surface area contributed by atoms with Gasteiger partial charge in [0, 0.05) is 5.02 Å². The van der Waals surface area contributed by atoms with Gasteiger partial charge in [0.2, 0.25) is 0 Å². The molecule has 0 aliphatic carbocycles. The Labute approximate surface area is 138 Å². The number of carbonyl (C=O) groups excluding carboxylic acids is 1. The van der Waals surface area contributed by atoms with Crippen molar-refractivity contribution in [2.45, 2.75) is 13.3 Å². The van der Waals surface area contributed by atoms with E-state index in [-0.39, 0.29) is 22.9 Å². The van der Waals surface area contributed by atoms with Crippen LogP contribution in [0.5, 0.6) is 11.5 Å². The molecule has 2 aromatic carbocycles. The minimum absolute atomic E-state index is 0.0715. The van der Waals surface area contributed by atoms with Crippen LogP contribution in [-0.2, 0) is 11.2 Å². The summed E-state index contributed by atoms with van der Waals surface area (Å²) in [5.74, 6) is -1.45. The molecule has 0 bridgehead atoms. The molecule has 23 heavy (non-hydrogen) atoms. The molecule has 0 saturated heterocycles. The van der Waals surface area contributed by atoms with Crippen molar-refractivity contribution >= 4 is 23.5 Å². The summed E-state index contributed by atoms with van der Waals surface area (Å²) >= 11 is 5.74. The number of aromatic carboxylic acids is 1. The molecule has 0 radical (unpaired) electrons. The number of halogens is 1. The number of rotatable bonds is 6. The van der Waals surface area contributed by atoms with E-state index in [1.165, 1.54) is 18.2 Å². The molecule has 0 saturated carbocycles. The summed E-state index contributed by atoms with van der Waals surface area (Å²) in [5, 5.41) is 9.33. The molecule has 6 heteroatoms. The highest BCUT2D eigenvalue weighted by Crippen LogP contribution is 2.23. The predicted octanol–water partition coefficient (Wildman–Crippen LogP) is 3.59. The van der Waals surface area contributed by atoms with Crippen LogP contribution in [0.2, 0.25) is 5.02 Å². The fourth-order valence-corrected chi connectivity index (χ4v) is 2.08. The van der Waals surface area contributed by atoms with Crippen LogP contribution in [0.1, 0.15) is 22.8 Å². The van der Waals surface area contributed by atoms with E-state index in [0.717, 1.165) is 12.0 Å². The van der Waals surface area contributed by atoms with E-state index in [0.29, 0.717) is 5.75 Å². The molecule has 0 spiro atoms. The lowest BCUT2D eigenvalue weighted by Crippen LogP contribution is -2.19. The van der Waals surface area contributed by atoms with E-state index in [2.05, 4.69) is 0 Å². The molecule has 2 rings (SSSR count). The van der Waals surface area contributed by atoms with E-state index in [9.17, 15) is 9.59 Å². The first-order valence-electron chi connectivity index (χ1n) is 6.95. The quantitative estimate of drug-likeness (QED) is 0.645. The lowest BCUT2D eigenvalue weighted by atomic mass is 10.2. The average Bonchev–Trinajstić information content (AvgIpc) is 2.54. The van der Waals surface area contributed by atoms with Crippen molar-refractivity contribution in [3.63, 3.8) is 0 Å². The first kappa shape index (κ1) is 16.8. The SMILES string of the molecule is CCc1cccc(OCC(=O)Oc2ccc(Cl)cc2C(=O)O)c1. The molecular formula is C17H15ClO5. The van der Waals surface area contributed by atoms with Gasteiger partial charge in [0.15, 0.2) is 6.61 Å². The van der Waals surface area contributed by atoms with Crippen molar-refractivity contribution < 1.29 is 24.2 Å². The van der Waals surface area contributed by atoms with Crippen LogP contribution in [0.4, 0.5) is 0 Å². The van der Waals surface area contributed by atoms with Crippen LogP contribution in [0.25, 0.3) is 0 Å². The van der Waals surface area contributed by atoms with Gasteiger partial charge in [0.05, 0.1) is 0 Å². The van der Waals surface area contributed by atoms with Crippen molar-refractivity contribution in [3.05, 3.63) is 58.6 Å². The minimum atomic E-state index is -1.23. The van der Waals surface area contributed by atoms with Crippen LogP contribution in [0.3, 0.4) is 0 Å². The molecule has 0 amide bonds. The molecule has 5 nitrogen and oxygen atoms in total. The molecule has 1 N–H and O–H groups in total. The molecule has 0 unspecified atom stereocenters. The van der Waals surface area contributed by atoms with E-state index in [1.807, 2.05) is 25.1 Å². The van der Waals surface area contributed by atoms with Gasteiger partial charge < -0.3 is 14.6 Å². The molecule has 0 aliphatic heterocycles. The Hall–Kier alpha value is -2.53. The predicted molar refractivity (Wildman–Crippen MR) is 85.4 cm³/mol. The monoisotopic (exact) mass is 334 g/mol. The van der Waals surface area contributed by atoms with Crippen molar-refractivity contribution in [1.29, 1.82) is 0 Å². The Morgan fingerprint density at radius 3 is 2.65 bits per heavy atom. The van der Waals surface area contributed by atoms with Crippen molar-refractivity contribution in [3.8, 4) is 11.5 Å². The Morgan fingerprint density at radius 1 is 1.17 bits per heavy atom. The van der Waals surface area contributed by atoms with Crippen LogP contribution in [0.15, 0.2) is 42.5 Å². The third kappa shape index (κ3) is 4.72. The van der Waals surface area contributed by atoms with Crippen LogP contribution >= 0.6 is 11.6 Å². The normalized spacial score (nSPS) is 10.2.